The van der Waals surface area contributed by atoms with E-state index >= 15 is 0 Å². The topological polar surface area (TPSA) is 72.6 Å². The molecule has 0 aromatic rings. The van der Waals surface area contributed by atoms with Crippen molar-refractivity contribution < 1.29 is 14.3 Å². The molecule has 2 atom stereocenters. The van der Waals surface area contributed by atoms with E-state index in [1.54, 1.807) is 6.92 Å². The first kappa shape index (κ1) is 17.0. The first-order valence-electron chi connectivity index (χ1n) is 5.80. The maximum Gasteiger partial charge on any atom is 0.246 e. The Morgan fingerprint density at radius 2 is 2.16 bits per heavy atom. The Labute approximate surface area is 127 Å². The number of amides is 2. The van der Waals surface area contributed by atoms with Crippen LogP contribution in [0, 0.1) is 0 Å². The highest BCUT2D eigenvalue weighted by molar-refractivity contribution is 6.67. The molecular weight excluding hydrogens is 314 g/mol. The first-order chi connectivity index (χ1) is 8.58. The molecule has 0 aromatic carbocycles. The largest absolute Gasteiger partial charge is 0.376 e. The molecule has 0 bridgehead atoms. The number of carbonyl (C=O) groups excluding carboxylic acids is 2. The molecule has 0 spiro atoms. The van der Waals surface area contributed by atoms with Gasteiger partial charge in [0.25, 0.3) is 0 Å². The molecular formula is C11H17Cl3N2O3. The third kappa shape index (κ3) is 4.76. The Bertz CT molecular complexity index is 373. The van der Waals surface area contributed by atoms with E-state index in [2.05, 4.69) is 0 Å². The highest BCUT2D eigenvalue weighted by Gasteiger charge is 2.43. The third-order valence-electron chi connectivity index (χ3n) is 3.13. The van der Waals surface area contributed by atoms with E-state index in [9.17, 15) is 9.59 Å². The molecule has 8 heteroatoms. The van der Waals surface area contributed by atoms with E-state index in [1.807, 2.05) is 0 Å². The van der Waals surface area contributed by atoms with Crippen LogP contribution in [0.3, 0.4) is 0 Å². The number of imide groups is 1. The Hall–Kier alpha value is -0.0700. The molecule has 1 saturated heterocycles. The summed E-state index contributed by atoms with van der Waals surface area (Å²) in [6.45, 7) is 1.97. The zero-order valence-electron chi connectivity index (χ0n) is 10.8. The summed E-state index contributed by atoms with van der Waals surface area (Å²) in [7, 11) is 1.50. The standard InChI is InChI=1S/C11H17Cl3N2O3/c1-10(19-2)5-8(17)16(6-10)9(18)7(15)3-4-11(12,13)14/h7H,3-6,15H2,1-2H3/t7-,10?/m1/s1. The number of likely N-dealkylation sites (tertiary alicyclic amines) is 1. The molecule has 19 heavy (non-hydrogen) atoms. The predicted octanol–water partition coefficient (Wildman–Crippen LogP) is 1.63. The van der Waals surface area contributed by atoms with Gasteiger partial charge in [-0.2, -0.15) is 0 Å². The highest BCUT2D eigenvalue weighted by Crippen LogP contribution is 2.32. The van der Waals surface area contributed by atoms with Gasteiger partial charge < -0.3 is 10.5 Å². The fraction of sp³-hybridized carbons (Fsp3) is 0.818. The van der Waals surface area contributed by atoms with Crippen molar-refractivity contribution in [2.75, 3.05) is 13.7 Å². The second-order valence-corrected chi connectivity index (χ2v) is 7.43. The molecule has 110 valence electrons. The number of rotatable bonds is 4. The summed E-state index contributed by atoms with van der Waals surface area (Å²) in [5.74, 6) is -0.751. The van der Waals surface area contributed by atoms with Crippen LogP contribution in [0.1, 0.15) is 26.2 Å². The van der Waals surface area contributed by atoms with Crippen molar-refractivity contribution >= 4 is 46.6 Å². The lowest BCUT2D eigenvalue weighted by Gasteiger charge is -2.23. The lowest BCUT2D eigenvalue weighted by atomic mass is 10.1. The smallest absolute Gasteiger partial charge is 0.246 e. The Morgan fingerprint density at radius 1 is 1.58 bits per heavy atom. The van der Waals surface area contributed by atoms with Crippen LogP contribution in [0.5, 0.6) is 0 Å². The number of hydrogen-bond acceptors (Lipinski definition) is 4. The van der Waals surface area contributed by atoms with Gasteiger partial charge in [0.15, 0.2) is 3.79 Å². The average Bonchev–Trinajstić information content (AvgIpc) is 2.61. The minimum atomic E-state index is -1.45. The van der Waals surface area contributed by atoms with E-state index in [1.165, 1.54) is 7.11 Å². The van der Waals surface area contributed by atoms with E-state index in [0.717, 1.165) is 4.90 Å². The lowest BCUT2D eigenvalue weighted by Crippen LogP contribution is -2.46. The highest BCUT2D eigenvalue weighted by atomic mass is 35.6. The molecule has 0 aliphatic carbocycles. The van der Waals surface area contributed by atoms with Crippen LogP contribution in [-0.4, -0.2) is 45.8 Å². The molecule has 2 amide bonds. The molecule has 2 N–H and O–H groups in total. The Kier molecular flexibility index (Phi) is 5.49. The molecule has 1 unspecified atom stereocenters. The van der Waals surface area contributed by atoms with Gasteiger partial charge in [-0.05, 0) is 19.8 Å². The SMILES string of the molecule is COC1(C)CC(=O)N(C(=O)[C@H](N)CCC(Cl)(Cl)Cl)C1. The minimum Gasteiger partial charge on any atom is -0.376 e. The summed E-state index contributed by atoms with van der Waals surface area (Å²) in [6, 6.07) is -0.862. The average molecular weight is 332 g/mol. The van der Waals surface area contributed by atoms with Crippen LogP contribution in [0.2, 0.25) is 0 Å². The van der Waals surface area contributed by atoms with Crippen molar-refractivity contribution in [2.45, 2.75) is 41.6 Å². The quantitative estimate of drug-likeness (QED) is 0.795. The minimum absolute atomic E-state index is 0.147. The zero-order valence-corrected chi connectivity index (χ0v) is 13.1. The molecule has 5 nitrogen and oxygen atoms in total. The molecule has 1 heterocycles. The normalized spacial score (nSPS) is 25.8. The Balaban J connectivity index is 2.61. The summed E-state index contributed by atoms with van der Waals surface area (Å²) in [4.78, 5) is 25.0. The van der Waals surface area contributed by atoms with E-state index in [0.29, 0.717) is 0 Å². The third-order valence-corrected chi connectivity index (χ3v) is 3.70. The molecule has 1 rings (SSSR count). The van der Waals surface area contributed by atoms with Crippen LogP contribution < -0.4 is 5.73 Å². The number of nitrogens with two attached hydrogens (primary N) is 1. The molecule has 0 saturated carbocycles. The number of alkyl halides is 3. The second kappa shape index (κ2) is 6.14. The zero-order chi connectivity index (χ0) is 14.8. The van der Waals surface area contributed by atoms with Gasteiger partial charge >= 0.3 is 0 Å². The van der Waals surface area contributed by atoms with Crippen LogP contribution in [0.25, 0.3) is 0 Å². The maximum absolute atomic E-state index is 12.1. The van der Waals surface area contributed by atoms with Crippen LogP contribution in [0.4, 0.5) is 0 Å². The van der Waals surface area contributed by atoms with Gasteiger partial charge in [-0.15, -0.1) is 0 Å². The van der Waals surface area contributed by atoms with Crippen molar-refractivity contribution in [3.63, 3.8) is 0 Å². The van der Waals surface area contributed by atoms with E-state index in [-0.39, 0.29) is 31.7 Å². The first-order valence-corrected chi connectivity index (χ1v) is 6.93. The molecule has 0 aromatic heterocycles. The summed E-state index contributed by atoms with van der Waals surface area (Å²) < 4.78 is 3.77. The van der Waals surface area contributed by atoms with Gasteiger partial charge in [0.1, 0.15) is 0 Å². The van der Waals surface area contributed by atoms with Gasteiger partial charge in [0, 0.05) is 7.11 Å². The molecule has 0 radical (unpaired) electrons. The van der Waals surface area contributed by atoms with E-state index < -0.39 is 21.3 Å². The van der Waals surface area contributed by atoms with Gasteiger partial charge in [0.2, 0.25) is 11.8 Å². The van der Waals surface area contributed by atoms with Gasteiger partial charge in [-0.3, -0.25) is 14.5 Å². The summed E-state index contributed by atoms with van der Waals surface area (Å²) in [5, 5.41) is 0. The van der Waals surface area contributed by atoms with Crippen LogP contribution in [0.15, 0.2) is 0 Å². The predicted molar refractivity (Wildman–Crippen MR) is 74.3 cm³/mol. The second-order valence-electron chi connectivity index (χ2n) is 4.91. The summed E-state index contributed by atoms with van der Waals surface area (Å²) >= 11 is 16.8. The van der Waals surface area contributed by atoms with Crippen molar-refractivity contribution in [1.82, 2.24) is 4.90 Å². The molecule has 1 aliphatic rings. The molecule has 1 fully saturated rings. The number of halogens is 3. The van der Waals surface area contributed by atoms with Crippen LogP contribution >= 0.6 is 34.8 Å². The Morgan fingerprint density at radius 3 is 2.58 bits per heavy atom. The molecule has 1 aliphatic heterocycles. The van der Waals surface area contributed by atoms with Crippen molar-refractivity contribution in [1.29, 1.82) is 0 Å². The van der Waals surface area contributed by atoms with Crippen LogP contribution in [-0.2, 0) is 14.3 Å². The van der Waals surface area contributed by atoms with Gasteiger partial charge in [-0.25, -0.2) is 0 Å². The van der Waals surface area contributed by atoms with Crippen molar-refractivity contribution in [2.24, 2.45) is 5.73 Å². The van der Waals surface area contributed by atoms with Crippen molar-refractivity contribution in [3.8, 4) is 0 Å². The fourth-order valence-corrected chi connectivity index (χ4v) is 2.20. The lowest BCUT2D eigenvalue weighted by molar-refractivity contribution is -0.142. The van der Waals surface area contributed by atoms with Gasteiger partial charge in [-0.1, -0.05) is 34.8 Å². The fourth-order valence-electron chi connectivity index (χ4n) is 1.87. The van der Waals surface area contributed by atoms with Gasteiger partial charge in [0.05, 0.1) is 24.6 Å². The maximum atomic E-state index is 12.1. The summed E-state index contributed by atoms with van der Waals surface area (Å²) in [6.07, 6.45) is 0.503. The number of methoxy groups -OCH3 is 1. The summed E-state index contributed by atoms with van der Waals surface area (Å²) in [5.41, 5.74) is 5.09. The monoisotopic (exact) mass is 330 g/mol. The van der Waals surface area contributed by atoms with Crippen molar-refractivity contribution in [3.05, 3.63) is 0 Å². The van der Waals surface area contributed by atoms with E-state index in [4.69, 9.17) is 45.3 Å². The number of ether oxygens (including phenoxy) is 1. The number of hydrogen-bond donors (Lipinski definition) is 1. The number of carbonyl (C=O) groups is 2. The number of nitrogens with zero attached hydrogens (tertiary/aromatic N) is 1.